The Morgan fingerprint density at radius 3 is 2.38 bits per heavy atom. The first-order chi connectivity index (χ1) is 13.8. The summed E-state index contributed by atoms with van der Waals surface area (Å²) in [6.07, 6.45) is 1.69. The lowest BCUT2D eigenvalue weighted by Gasteiger charge is -2.14. The van der Waals surface area contributed by atoms with Crippen molar-refractivity contribution < 1.29 is 19.2 Å². The summed E-state index contributed by atoms with van der Waals surface area (Å²) in [5.41, 5.74) is 1.54. The molecule has 0 radical (unpaired) electrons. The van der Waals surface area contributed by atoms with Crippen LogP contribution in [0.3, 0.4) is 0 Å². The molecule has 0 atom stereocenters. The summed E-state index contributed by atoms with van der Waals surface area (Å²) in [5, 5.41) is 13.8. The van der Waals surface area contributed by atoms with E-state index in [1.54, 1.807) is 50.6 Å². The molecule has 154 valence electrons. The number of non-ortho nitro benzene ring substituents is 1. The van der Waals surface area contributed by atoms with E-state index in [2.05, 4.69) is 5.32 Å². The highest BCUT2D eigenvalue weighted by molar-refractivity contribution is 6.24. The van der Waals surface area contributed by atoms with Gasteiger partial charge in [0.25, 0.3) is 11.6 Å². The summed E-state index contributed by atoms with van der Waals surface area (Å²) in [4.78, 5) is 25.3. The van der Waals surface area contributed by atoms with Crippen molar-refractivity contribution >= 4 is 23.2 Å². The molecule has 1 amide bonds. The van der Waals surface area contributed by atoms with Crippen molar-refractivity contribution in [2.45, 2.75) is 0 Å². The fourth-order valence-corrected chi connectivity index (χ4v) is 2.64. The van der Waals surface area contributed by atoms with Crippen LogP contribution in [0.5, 0.6) is 11.5 Å². The first-order valence-corrected chi connectivity index (χ1v) is 8.97. The third kappa shape index (κ3) is 6.05. The van der Waals surface area contributed by atoms with Crippen LogP contribution < -0.4 is 14.8 Å². The largest absolute Gasteiger partial charge is 0.497 e. The van der Waals surface area contributed by atoms with Gasteiger partial charge in [-0.05, 0) is 56.1 Å². The lowest BCUT2D eigenvalue weighted by Crippen LogP contribution is -2.31. The Balaban J connectivity index is 2.47. The molecule has 0 aliphatic heterocycles. The standard InChI is InChI=1S/C21H25N3O5/c1-23(2)12-11-22-21(25)19(15-5-7-17(8-6-15)24(26)27)14-16-13-18(28-3)9-10-20(16)29-4/h5-10,13-14H,11-12H2,1-4H3,(H,22,25)/b19-14+. The van der Waals surface area contributed by atoms with E-state index in [4.69, 9.17) is 9.47 Å². The first-order valence-electron chi connectivity index (χ1n) is 8.97. The zero-order valence-electron chi connectivity index (χ0n) is 17.0. The lowest BCUT2D eigenvalue weighted by atomic mass is 10.0. The summed E-state index contributed by atoms with van der Waals surface area (Å²) in [5.74, 6) is 0.907. The Bertz CT molecular complexity index is 892. The van der Waals surface area contributed by atoms with Crippen molar-refractivity contribution in [1.29, 1.82) is 0 Å². The average molecular weight is 399 g/mol. The van der Waals surface area contributed by atoms with Crippen molar-refractivity contribution in [3.8, 4) is 11.5 Å². The second-order valence-electron chi connectivity index (χ2n) is 6.53. The normalized spacial score (nSPS) is 11.3. The smallest absolute Gasteiger partial charge is 0.269 e. The fraction of sp³-hybridized carbons (Fsp3) is 0.286. The molecule has 0 aromatic heterocycles. The van der Waals surface area contributed by atoms with Crippen LogP contribution in [-0.4, -0.2) is 57.1 Å². The Labute approximate surface area is 169 Å². The van der Waals surface area contributed by atoms with Crippen molar-refractivity contribution in [2.75, 3.05) is 41.4 Å². The maximum Gasteiger partial charge on any atom is 0.269 e. The molecule has 2 aromatic rings. The van der Waals surface area contributed by atoms with Gasteiger partial charge in [0.2, 0.25) is 0 Å². The van der Waals surface area contributed by atoms with E-state index >= 15 is 0 Å². The molecule has 2 rings (SSSR count). The number of hydrogen-bond acceptors (Lipinski definition) is 6. The molecule has 8 heteroatoms. The number of amides is 1. The number of nitro benzene ring substituents is 1. The van der Waals surface area contributed by atoms with E-state index in [0.29, 0.717) is 41.3 Å². The molecule has 0 bridgehead atoms. The van der Waals surface area contributed by atoms with Crippen molar-refractivity contribution in [3.63, 3.8) is 0 Å². The SMILES string of the molecule is COc1ccc(OC)c(/C=C(/C(=O)NCCN(C)C)c2ccc([N+](=O)[O-])cc2)c1. The van der Waals surface area contributed by atoms with Gasteiger partial charge in [-0.15, -0.1) is 0 Å². The quantitative estimate of drug-likeness (QED) is 0.302. The molecule has 0 heterocycles. The lowest BCUT2D eigenvalue weighted by molar-refractivity contribution is -0.384. The fourth-order valence-electron chi connectivity index (χ4n) is 2.64. The minimum atomic E-state index is -0.477. The zero-order chi connectivity index (χ0) is 21.4. The number of ether oxygens (including phenoxy) is 2. The first kappa shape index (κ1) is 21.9. The van der Waals surface area contributed by atoms with Crippen LogP contribution in [0.25, 0.3) is 11.6 Å². The minimum absolute atomic E-state index is 0.0416. The van der Waals surface area contributed by atoms with E-state index in [1.807, 2.05) is 19.0 Å². The van der Waals surface area contributed by atoms with Gasteiger partial charge in [0.1, 0.15) is 11.5 Å². The van der Waals surface area contributed by atoms with E-state index in [9.17, 15) is 14.9 Å². The Morgan fingerprint density at radius 1 is 1.14 bits per heavy atom. The second kappa shape index (κ2) is 10.2. The maximum absolute atomic E-state index is 12.9. The van der Waals surface area contributed by atoms with E-state index < -0.39 is 4.92 Å². The molecule has 0 unspecified atom stereocenters. The van der Waals surface area contributed by atoms with Crippen LogP contribution >= 0.6 is 0 Å². The van der Waals surface area contributed by atoms with Gasteiger partial charge in [-0.3, -0.25) is 14.9 Å². The summed E-state index contributed by atoms with van der Waals surface area (Å²) in [6.45, 7) is 1.15. The number of nitro groups is 1. The van der Waals surface area contributed by atoms with Gasteiger partial charge in [0.05, 0.1) is 19.1 Å². The highest BCUT2D eigenvalue weighted by atomic mass is 16.6. The predicted octanol–water partition coefficient (Wildman–Crippen LogP) is 2.83. The zero-order valence-corrected chi connectivity index (χ0v) is 17.0. The number of carbonyl (C=O) groups excluding carboxylic acids is 1. The van der Waals surface area contributed by atoms with Gasteiger partial charge in [-0.25, -0.2) is 0 Å². The monoisotopic (exact) mass is 399 g/mol. The van der Waals surface area contributed by atoms with Crippen LogP contribution in [0.4, 0.5) is 5.69 Å². The Kier molecular flexibility index (Phi) is 7.73. The molecule has 29 heavy (non-hydrogen) atoms. The summed E-state index contributed by atoms with van der Waals surface area (Å²) >= 11 is 0. The van der Waals surface area contributed by atoms with Crippen molar-refractivity contribution in [1.82, 2.24) is 10.2 Å². The number of rotatable bonds is 9. The number of nitrogens with one attached hydrogen (secondary N) is 1. The molecule has 0 aliphatic carbocycles. The number of nitrogens with zero attached hydrogens (tertiary/aromatic N) is 2. The highest BCUT2D eigenvalue weighted by Crippen LogP contribution is 2.29. The van der Waals surface area contributed by atoms with Gasteiger partial charge in [0.15, 0.2) is 0 Å². The van der Waals surface area contributed by atoms with Gasteiger partial charge >= 0.3 is 0 Å². The topological polar surface area (TPSA) is 93.9 Å². The molecule has 0 saturated heterocycles. The number of benzene rings is 2. The van der Waals surface area contributed by atoms with Gasteiger partial charge in [-0.1, -0.05) is 0 Å². The summed E-state index contributed by atoms with van der Waals surface area (Å²) in [7, 11) is 6.93. The molecular formula is C21H25N3O5. The number of likely N-dealkylation sites (N-methyl/N-ethyl adjacent to an activating group) is 1. The number of carbonyl (C=O) groups is 1. The third-order valence-corrected chi connectivity index (χ3v) is 4.22. The molecule has 0 spiro atoms. The summed E-state index contributed by atoms with van der Waals surface area (Å²) in [6, 6.07) is 11.1. The third-order valence-electron chi connectivity index (χ3n) is 4.22. The van der Waals surface area contributed by atoms with Crippen LogP contribution in [0.15, 0.2) is 42.5 Å². The molecule has 0 aliphatic rings. The van der Waals surface area contributed by atoms with Crippen molar-refractivity contribution in [3.05, 3.63) is 63.7 Å². The molecule has 0 saturated carbocycles. The number of hydrogen-bond donors (Lipinski definition) is 1. The molecular weight excluding hydrogens is 374 g/mol. The van der Waals surface area contributed by atoms with E-state index in [-0.39, 0.29) is 11.6 Å². The van der Waals surface area contributed by atoms with Crippen LogP contribution in [0, 0.1) is 10.1 Å². The average Bonchev–Trinajstić information content (AvgIpc) is 2.71. The van der Waals surface area contributed by atoms with E-state index in [0.717, 1.165) is 0 Å². The van der Waals surface area contributed by atoms with Crippen LogP contribution in [0.1, 0.15) is 11.1 Å². The number of methoxy groups -OCH3 is 2. The second-order valence-corrected chi connectivity index (χ2v) is 6.53. The maximum atomic E-state index is 12.9. The van der Waals surface area contributed by atoms with Crippen LogP contribution in [-0.2, 0) is 4.79 Å². The molecule has 1 N–H and O–H groups in total. The molecule has 0 fully saturated rings. The van der Waals surface area contributed by atoms with Gasteiger partial charge in [-0.2, -0.15) is 0 Å². The Hall–Kier alpha value is -3.39. The van der Waals surface area contributed by atoms with Crippen LogP contribution in [0.2, 0.25) is 0 Å². The van der Waals surface area contributed by atoms with E-state index in [1.165, 1.54) is 12.1 Å². The Morgan fingerprint density at radius 2 is 1.83 bits per heavy atom. The van der Waals surface area contributed by atoms with Gasteiger partial charge in [0, 0.05) is 36.4 Å². The molecule has 2 aromatic carbocycles. The summed E-state index contributed by atoms with van der Waals surface area (Å²) < 4.78 is 10.7. The molecule has 8 nitrogen and oxygen atoms in total. The predicted molar refractivity (Wildman–Crippen MR) is 112 cm³/mol. The van der Waals surface area contributed by atoms with Gasteiger partial charge < -0.3 is 19.7 Å². The highest BCUT2D eigenvalue weighted by Gasteiger charge is 2.15. The minimum Gasteiger partial charge on any atom is -0.497 e. The van der Waals surface area contributed by atoms with Crippen molar-refractivity contribution in [2.24, 2.45) is 0 Å².